The van der Waals surface area contributed by atoms with Gasteiger partial charge in [0, 0.05) is 29.9 Å². The van der Waals surface area contributed by atoms with Gasteiger partial charge >= 0.3 is 0 Å². The van der Waals surface area contributed by atoms with E-state index in [4.69, 9.17) is 21.7 Å². The maximum absolute atomic E-state index is 12.5. The van der Waals surface area contributed by atoms with Crippen molar-refractivity contribution in [1.29, 1.82) is 0 Å². The van der Waals surface area contributed by atoms with E-state index in [0.717, 1.165) is 0 Å². The highest BCUT2D eigenvalue weighted by molar-refractivity contribution is 9.10. The third-order valence-corrected chi connectivity index (χ3v) is 7.04. The van der Waals surface area contributed by atoms with Gasteiger partial charge in [0.25, 0.3) is 15.9 Å². The summed E-state index contributed by atoms with van der Waals surface area (Å²) in [7, 11) is -2.17. The van der Waals surface area contributed by atoms with Crippen LogP contribution >= 0.6 is 39.5 Å². The zero-order chi connectivity index (χ0) is 23.8. The molecule has 3 aromatic rings. The molecule has 174 valence electrons. The Bertz CT molecular complexity index is 1220. The predicted octanol–water partition coefficient (Wildman–Crippen LogP) is 3.86. The average Bonchev–Trinajstić information content (AvgIpc) is 3.27. The van der Waals surface area contributed by atoms with Gasteiger partial charge in [-0.05, 0) is 70.6 Å². The Hall–Kier alpha value is -2.58. The van der Waals surface area contributed by atoms with Crippen LogP contribution in [0.2, 0.25) is 0 Å². The lowest BCUT2D eigenvalue weighted by Gasteiger charge is -2.12. The van der Waals surface area contributed by atoms with Crippen molar-refractivity contribution >= 4 is 71.3 Å². The molecule has 0 bridgehead atoms. The first kappa shape index (κ1) is 25.1. The molecule has 0 fully saturated rings. The van der Waals surface area contributed by atoms with Crippen molar-refractivity contribution < 1.29 is 22.7 Å². The van der Waals surface area contributed by atoms with Crippen molar-refractivity contribution in [2.75, 3.05) is 30.4 Å². The molecule has 0 radical (unpaired) electrons. The van der Waals surface area contributed by atoms with E-state index in [1.54, 1.807) is 30.7 Å². The summed E-state index contributed by atoms with van der Waals surface area (Å²) in [5.74, 6) is 0.173. The number of rotatable bonds is 9. The van der Waals surface area contributed by atoms with Gasteiger partial charge in [0.1, 0.15) is 12.4 Å². The smallest absolute Gasteiger partial charge is 0.263 e. The summed E-state index contributed by atoms with van der Waals surface area (Å²) in [6, 6.07) is 10.8. The van der Waals surface area contributed by atoms with E-state index in [2.05, 4.69) is 36.3 Å². The number of ether oxygens (including phenoxy) is 2. The number of aromatic nitrogens is 1. The van der Waals surface area contributed by atoms with Gasteiger partial charge in [0.15, 0.2) is 10.2 Å². The Morgan fingerprint density at radius 3 is 2.58 bits per heavy atom. The summed E-state index contributed by atoms with van der Waals surface area (Å²) in [6.45, 7) is 0.833. The highest BCUT2D eigenvalue weighted by atomic mass is 79.9. The number of carbonyl (C=O) groups is 1. The number of methoxy groups -OCH3 is 1. The highest BCUT2D eigenvalue weighted by Crippen LogP contribution is 2.26. The van der Waals surface area contributed by atoms with Gasteiger partial charge in [-0.15, -0.1) is 11.3 Å². The molecule has 2 aromatic carbocycles. The van der Waals surface area contributed by atoms with Crippen LogP contribution in [0.1, 0.15) is 10.4 Å². The number of nitrogens with one attached hydrogen (secondary N) is 3. The SMILES string of the molecule is COCCOc1ccc(C(=O)NC(=S)Nc2ccc(S(=O)(=O)Nc3nccs3)cc2)cc1Br. The molecule has 33 heavy (non-hydrogen) atoms. The van der Waals surface area contributed by atoms with Gasteiger partial charge in [0.05, 0.1) is 16.0 Å². The number of amides is 1. The van der Waals surface area contributed by atoms with Gasteiger partial charge < -0.3 is 14.8 Å². The van der Waals surface area contributed by atoms with Crippen molar-refractivity contribution in [3.05, 3.63) is 64.1 Å². The highest BCUT2D eigenvalue weighted by Gasteiger charge is 2.16. The molecule has 0 aliphatic rings. The first-order chi connectivity index (χ1) is 15.8. The fourth-order valence-electron chi connectivity index (χ4n) is 2.50. The van der Waals surface area contributed by atoms with Gasteiger partial charge in [-0.25, -0.2) is 13.4 Å². The Morgan fingerprint density at radius 2 is 1.94 bits per heavy atom. The predicted molar refractivity (Wildman–Crippen MR) is 135 cm³/mol. The van der Waals surface area contributed by atoms with Crippen LogP contribution in [0, 0.1) is 0 Å². The number of benzene rings is 2. The third kappa shape index (κ3) is 7.20. The van der Waals surface area contributed by atoms with E-state index in [1.807, 2.05) is 0 Å². The molecule has 3 rings (SSSR count). The number of anilines is 2. The summed E-state index contributed by atoms with van der Waals surface area (Å²) in [5, 5.41) is 7.44. The van der Waals surface area contributed by atoms with Crippen LogP contribution in [-0.4, -0.2) is 44.7 Å². The molecule has 0 atom stereocenters. The first-order valence-corrected chi connectivity index (χ1v) is 12.9. The molecule has 0 spiro atoms. The second kappa shape index (κ2) is 11.5. The van der Waals surface area contributed by atoms with E-state index in [1.165, 1.54) is 41.8 Å². The zero-order valence-electron chi connectivity index (χ0n) is 17.2. The molecule has 13 heteroatoms. The van der Waals surface area contributed by atoms with Crippen molar-refractivity contribution in [3.63, 3.8) is 0 Å². The van der Waals surface area contributed by atoms with Gasteiger partial charge in [-0.3, -0.25) is 14.8 Å². The molecule has 1 heterocycles. The molecule has 0 unspecified atom stereocenters. The molecule has 1 amide bonds. The fourth-order valence-corrected chi connectivity index (χ4v) is 4.99. The Balaban J connectivity index is 1.57. The average molecular weight is 572 g/mol. The van der Waals surface area contributed by atoms with Crippen molar-refractivity contribution in [1.82, 2.24) is 10.3 Å². The van der Waals surface area contributed by atoms with Crippen molar-refractivity contribution in [2.24, 2.45) is 0 Å². The van der Waals surface area contributed by atoms with Gasteiger partial charge in [0.2, 0.25) is 0 Å². The lowest BCUT2D eigenvalue weighted by molar-refractivity contribution is 0.0977. The second-order valence-electron chi connectivity index (χ2n) is 6.36. The van der Waals surface area contributed by atoms with E-state index in [9.17, 15) is 13.2 Å². The molecule has 0 saturated heterocycles. The fraction of sp³-hybridized carbons (Fsp3) is 0.150. The van der Waals surface area contributed by atoms with Gasteiger partial charge in [-0.1, -0.05) is 0 Å². The number of thiocarbonyl (C=S) groups is 1. The Morgan fingerprint density at radius 1 is 1.18 bits per heavy atom. The van der Waals surface area contributed by atoms with Crippen LogP contribution in [0.25, 0.3) is 0 Å². The summed E-state index contributed by atoms with van der Waals surface area (Å²) in [4.78, 5) is 16.5. The van der Waals surface area contributed by atoms with E-state index in [-0.39, 0.29) is 15.1 Å². The Kier molecular flexibility index (Phi) is 8.74. The summed E-state index contributed by atoms with van der Waals surface area (Å²) in [6.07, 6.45) is 1.51. The largest absolute Gasteiger partial charge is 0.490 e. The first-order valence-electron chi connectivity index (χ1n) is 9.34. The number of carbonyl (C=O) groups excluding carboxylic acids is 1. The molecule has 0 saturated carbocycles. The minimum absolute atomic E-state index is 0.0630. The summed E-state index contributed by atoms with van der Waals surface area (Å²) >= 11 is 9.75. The minimum atomic E-state index is -3.75. The maximum atomic E-state index is 12.5. The summed E-state index contributed by atoms with van der Waals surface area (Å²) < 4.78 is 38.3. The van der Waals surface area contributed by atoms with Crippen LogP contribution in [-0.2, 0) is 14.8 Å². The molecule has 0 aliphatic heterocycles. The van der Waals surface area contributed by atoms with E-state index < -0.39 is 15.9 Å². The van der Waals surface area contributed by atoms with Crippen LogP contribution in [0.3, 0.4) is 0 Å². The van der Waals surface area contributed by atoms with Gasteiger partial charge in [-0.2, -0.15) is 0 Å². The number of hydrogen-bond donors (Lipinski definition) is 3. The Labute approximate surface area is 208 Å². The third-order valence-electron chi connectivity index (χ3n) is 4.04. The van der Waals surface area contributed by atoms with Crippen LogP contribution in [0.5, 0.6) is 5.75 Å². The number of nitrogens with zero attached hydrogens (tertiary/aromatic N) is 1. The zero-order valence-corrected chi connectivity index (χ0v) is 21.2. The lowest BCUT2D eigenvalue weighted by atomic mass is 10.2. The van der Waals surface area contributed by atoms with Crippen molar-refractivity contribution in [3.8, 4) is 5.75 Å². The van der Waals surface area contributed by atoms with Crippen molar-refractivity contribution in [2.45, 2.75) is 4.90 Å². The number of sulfonamides is 1. The number of hydrogen-bond acceptors (Lipinski definition) is 8. The second-order valence-corrected chi connectivity index (χ2v) is 10.2. The maximum Gasteiger partial charge on any atom is 0.263 e. The molecule has 1 aromatic heterocycles. The number of halogens is 1. The number of thiazole rings is 1. The molecule has 0 aliphatic carbocycles. The standard InChI is InChI=1S/C20H19BrN4O5S3/c1-29-9-10-30-17-7-2-13(12-16(17)21)18(26)24-19(31)23-14-3-5-15(6-4-14)33(27,28)25-20-22-8-11-32-20/h2-8,11-12H,9-10H2,1H3,(H,22,25)(H2,23,24,26,31). The van der Waals surface area contributed by atoms with Crippen LogP contribution in [0.15, 0.2) is 63.4 Å². The van der Waals surface area contributed by atoms with Crippen LogP contribution < -0.4 is 20.1 Å². The monoisotopic (exact) mass is 570 g/mol. The van der Waals surface area contributed by atoms with E-state index >= 15 is 0 Å². The topological polar surface area (TPSA) is 119 Å². The molecule has 9 nitrogen and oxygen atoms in total. The molecular formula is C20H19BrN4O5S3. The van der Waals surface area contributed by atoms with Crippen LogP contribution in [0.4, 0.5) is 10.8 Å². The quantitative estimate of drug-likeness (QED) is 0.262. The van der Waals surface area contributed by atoms with E-state index in [0.29, 0.717) is 34.7 Å². The summed E-state index contributed by atoms with van der Waals surface area (Å²) in [5.41, 5.74) is 0.886. The normalized spacial score (nSPS) is 11.0. The molecule has 3 N–H and O–H groups in total. The molecular weight excluding hydrogens is 552 g/mol. The lowest BCUT2D eigenvalue weighted by Crippen LogP contribution is -2.34. The minimum Gasteiger partial charge on any atom is -0.490 e.